The molecule has 2 aromatic rings. The predicted octanol–water partition coefficient (Wildman–Crippen LogP) is 3.72. The Kier molecular flexibility index (Phi) is 4.74. The number of esters is 1. The number of rotatable bonds is 4. The third-order valence-corrected chi connectivity index (χ3v) is 2.94. The van der Waals surface area contributed by atoms with E-state index in [4.69, 9.17) is 6.42 Å². The molecule has 0 aromatic heterocycles. The number of benzene rings is 2. The Morgan fingerprint density at radius 1 is 1.14 bits per heavy atom. The molecule has 0 aliphatic carbocycles. The van der Waals surface area contributed by atoms with Crippen LogP contribution in [0.2, 0.25) is 0 Å². The van der Waals surface area contributed by atoms with Crippen LogP contribution < -0.4 is 4.74 Å². The maximum Gasteiger partial charge on any atom is 0.387 e. The standard InChI is InChI=1S/C17H12F2O3/c1-3-11-4-6-12(7-5-11)13-8-14(16(20)21-2)10-15(9-13)22-17(18)19/h1,4-10,17H,2H3. The van der Waals surface area contributed by atoms with Gasteiger partial charge in [0.05, 0.1) is 12.7 Å². The van der Waals surface area contributed by atoms with Crippen LogP contribution in [0.4, 0.5) is 8.78 Å². The number of ether oxygens (including phenoxy) is 2. The molecule has 0 atom stereocenters. The fourth-order valence-corrected chi connectivity index (χ4v) is 1.93. The summed E-state index contributed by atoms with van der Waals surface area (Å²) >= 11 is 0. The zero-order valence-electron chi connectivity index (χ0n) is 11.7. The Bertz CT molecular complexity index is 716. The van der Waals surface area contributed by atoms with Gasteiger partial charge in [-0.15, -0.1) is 6.42 Å². The summed E-state index contributed by atoms with van der Waals surface area (Å²) in [4.78, 5) is 11.6. The van der Waals surface area contributed by atoms with E-state index in [0.29, 0.717) is 16.7 Å². The van der Waals surface area contributed by atoms with E-state index in [1.54, 1.807) is 24.3 Å². The van der Waals surface area contributed by atoms with E-state index in [-0.39, 0.29) is 11.3 Å². The third kappa shape index (κ3) is 3.61. The molecule has 0 saturated carbocycles. The molecule has 0 aliphatic heterocycles. The summed E-state index contributed by atoms with van der Waals surface area (Å²) in [5.41, 5.74) is 2.07. The Morgan fingerprint density at radius 2 is 1.82 bits per heavy atom. The second kappa shape index (κ2) is 6.72. The number of hydrogen-bond acceptors (Lipinski definition) is 3. The van der Waals surface area contributed by atoms with Gasteiger partial charge in [0.1, 0.15) is 5.75 Å². The van der Waals surface area contributed by atoms with Crippen LogP contribution in [0.3, 0.4) is 0 Å². The lowest BCUT2D eigenvalue weighted by Gasteiger charge is -2.10. The second-order valence-corrected chi connectivity index (χ2v) is 4.34. The van der Waals surface area contributed by atoms with Crippen LogP contribution in [0.1, 0.15) is 15.9 Å². The first-order chi connectivity index (χ1) is 10.5. The first-order valence-electron chi connectivity index (χ1n) is 6.28. The van der Waals surface area contributed by atoms with Gasteiger partial charge >= 0.3 is 12.6 Å². The van der Waals surface area contributed by atoms with Crippen molar-refractivity contribution in [3.8, 4) is 29.2 Å². The molecule has 5 heteroatoms. The van der Waals surface area contributed by atoms with Gasteiger partial charge in [-0.1, -0.05) is 18.1 Å². The maximum atomic E-state index is 12.4. The summed E-state index contributed by atoms with van der Waals surface area (Å²) in [6.07, 6.45) is 5.28. The highest BCUT2D eigenvalue weighted by molar-refractivity contribution is 5.91. The molecule has 0 unspecified atom stereocenters. The van der Waals surface area contributed by atoms with Crippen LogP contribution >= 0.6 is 0 Å². The molecule has 0 amide bonds. The monoisotopic (exact) mass is 302 g/mol. The lowest BCUT2D eigenvalue weighted by atomic mass is 10.0. The minimum absolute atomic E-state index is 0.117. The van der Waals surface area contributed by atoms with Gasteiger partial charge in [-0.25, -0.2) is 4.79 Å². The van der Waals surface area contributed by atoms with Crippen molar-refractivity contribution in [1.29, 1.82) is 0 Å². The number of alkyl halides is 2. The van der Waals surface area contributed by atoms with E-state index in [0.717, 1.165) is 0 Å². The van der Waals surface area contributed by atoms with Crippen molar-refractivity contribution in [2.24, 2.45) is 0 Å². The van der Waals surface area contributed by atoms with Gasteiger partial charge in [0, 0.05) is 5.56 Å². The van der Waals surface area contributed by atoms with Gasteiger partial charge in [-0.3, -0.25) is 0 Å². The van der Waals surface area contributed by atoms with Crippen LogP contribution in [-0.2, 0) is 4.74 Å². The lowest BCUT2D eigenvalue weighted by molar-refractivity contribution is -0.0498. The molecule has 0 spiro atoms. The minimum atomic E-state index is -2.98. The van der Waals surface area contributed by atoms with Gasteiger partial charge in [-0.2, -0.15) is 8.78 Å². The van der Waals surface area contributed by atoms with Crippen molar-refractivity contribution in [1.82, 2.24) is 0 Å². The van der Waals surface area contributed by atoms with Gasteiger partial charge in [0.15, 0.2) is 0 Å². The normalized spacial score (nSPS) is 10.1. The molecule has 0 bridgehead atoms. The number of hydrogen-bond donors (Lipinski definition) is 0. The average Bonchev–Trinajstić information content (AvgIpc) is 2.53. The Balaban J connectivity index is 2.48. The van der Waals surface area contributed by atoms with E-state index >= 15 is 0 Å². The van der Waals surface area contributed by atoms with Crippen molar-refractivity contribution in [3.63, 3.8) is 0 Å². The zero-order valence-corrected chi connectivity index (χ0v) is 11.7. The number of halogens is 2. The van der Waals surface area contributed by atoms with E-state index in [1.165, 1.54) is 25.3 Å². The maximum absolute atomic E-state index is 12.4. The summed E-state index contributed by atoms with van der Waals surface area (Å²) in [5.74, 6) is 1.73. The van der Waals surface area contributed by atoms with Crippen molar-refractivity contribution in [2.75, 3.05) is 7.11 Å². The number of carbonyl (C=O) groups is 1. The molecule has 0 radical (unpaired) electrons. The first kappa shape index (κ1) is 15.5. The quantitative estimate of drug-likeness (QED) is 0.638. The molecule has 3 nitrogen and oxygen atoms in total. The van der Waals surface area contributed by atoms with Crippen molar-refractivity contribution >= 4 is 5.97 Å². The van der Waals surface area contributed by atoms with Gasteiger partial charge in [0.2, 0.25) is 0 Å². The van der Waals surface area contributed by atoms with Gasteiger partial charge in [0.25, 0.3) is 0 Å². The summed E-state index contributed by atoms with van der Waals surface area (Å²) < 4.78 is 33.8. The average molecular weight is 302 g/mol. The van der Waals surface area contributed by atoms with Crippen LogP contribution in [0.5, 0.6) is 5.75 Å². The van der Waals surface area contributed by atoms with Crippen LogP contribution in [-0.4, -0.2) is 19.7 Å². The highest BCUT2D eigenvalue weighted by Gasteiger charge is 2.13. The van der Waals surface area contributed by atoms with E-state index in [1.807, 2.05) is 0 Å². The molecule has 0 aliphatic rings. The van der Waals surface area contributed by atoms with Crippen molar-refractivity contribution < 1.29 is 23.0 Å². The van der Waals surface area contributed by atoms with Gasteiger partial charge in [-0.05, 0) is 41.5 Å². The number of carbonyl (C=O) groups excluding carboxylic acids is 1. The molecular weight excluding hydrogens is 290 g/mol. The molecule has 2 rings (SSSR count). The molecule has 0 heterocycles. The van der Waals surface area contributed by atoms with Crippen molar-refractivity contribution in [3.05, 3.63) is 53.6 Å². The summed E-state index contributed by atoms with van der Waals surface area (Å²) in [7, 11) is 1.21. The number of methoxy groups -OCH3 is 1. The SMILES string of the molecule is C#Cc1ccc(-c2cc(OC(F)F)cc(C(=O)OC)c2)cc1. The minimum Gasteiger partial charge on any atom is -0.465 e. The highest BCUT2D eigenvalue weighted by Crippen LogP contribution is 2.27. The Hall–Kier alpha value is -2.87. The van der Waals surface area contributed by atoms with Gasteiger partial charge < -0.3 is 9.47 Å². The molecular formula is C17H12F2O3. The fourth-order valence-electron chi connectivity index (χ4n) is 1.93. The summed E-state index contributed by atoms with van der Waals surface area (Å²) in [6, 6.07) is 11.1. The van der Waals surface area contributed by atoms with E-state index in [9.17, 15) is 13.6 Å². The predicted molar refractivity (Wildman–Crippen MR) is 77.8 cm³/mol. The Labute approximate surface area is 126 Å². The first-order valence-corrected chi connectivity index (χ1v) is 6.28. The number of terminal acetylenes is 1. The van der Waals surface area contributed by atoms with Crippen LogP contribution in [0, 0.1) is 12.3 Å². The van der Waals surface area contributed by atoms with E-state index in [2.05, 4.69) is 15.4 Å². The highest BCUT2D eigenvalue weighted by atomic mass is 19.3. The third-order valence-electron chi connectivity index (χ3n) is 2.94. The molecule has 22 heavy (non-hydrogen) atoms. The van der Waals surface area contributed by atoms with Crippen molar-refractivity contribution in [2.45, 2.75) is 6.61 Å². The molecule has 0 N–H and O–H groups in total. The summed E-state index contributed by atoms with van der Waals surface area (Å²) in [5, 5.41) is 0. The smallest absolute Gasteiger partial charge is 0.387 e. The molecule has 0 fully saturated rings. The summed E-state index contributed by atoms with van der Waals surface area (Å²) in [6.45, 7) is -2.98. The van der Waals surface area contributed by atoms with Crippen LogP contribution in [0.15, 0.2) is 42.5 Å². The van der Waals surface area contributed by atoms with Crippen LogP contribution in [0.25, 0.3) is 11.1 Å². The zero-order chi connectivity index (χ0) is 16.1. The second-order valence-electron chi connectivity index (χ2n) is 4.34. The molecule has 0 saturated heterocycles. The molecule has 112 valence electrons. The lowest BCUT2D eigenvalue weighted by Crippen LogP contribution is -2.05. The fraction of sp³-hybridized carbons (Fsp3) is 0.118. The largest absolute Gasteiger partial charge is 0.465 e. The topological polar surface area (TPSA) is 35.5 Å². The van der Waals surface area contributed by atoms with E-state index < -0.39 is 12.6 Å². The molecule has 2 aromatic carbocycles. The Morgan fingerprint density at radius 3 is 2.36 bits per heavy atom.